The van der Waals surface area contributed by atoms with Gasteiger partial charge >= 0.3 is 0 Å². The molecule has 0 radical (unpaired) electrons. The first-order valence-electron chi connectivity index (χ1n) is 6.59. The molecule has 0 saturated heterocycles. The Hall–Kier alpha value is -1.39. The molecule has 1 aromatic heterocycles. The fourth-order valence-corrected chi connectivity index (χ4v) is 2.70. The molecule has 0 unspecified atom stereocenters. The summed E-state index contributed by atoms with van der Waals surface area (Å²) >= 11 is 1.62. The van der Waals surface area contributed by atoms with Gasteiger partial charge in [0.2, 0.25) is 0 Å². The van der Waals surface area contributed by atoms with Gasteiger partial charge < -0.3 is 5.32 Å². The van der Waals surface area contributed by atoms with Crippen LogP contribution in [0.5, 0.6) is 0 Å². The van der Waals surface area contributed by atoms with E-state index in [1.807, 2.05) is 6.07 Å². The van der Waals surface area contributed by atoms with Crippen molar-refractivity contribution < 1.29 is 0 Å². The summed E-state index contributed by atoms with van der Waals surface area (Å²) in [6, 6.07) is 9.20. The topological polar surface area (TPSA) is 37.8 Å². The molecular formula is C15H17N3S. The number of aromatic nitrogens is 2. The van der Waals surface area contributed by atoms with Gasteiger partial charge in [-0.05, 0) is 54.8 Å². The SMILES string of the molecule is Cc1cc(CNC2CC2)ccc1Sc1ncccn1. The molecule has 0 aliphatic heterocycles. The second kappa shape index (κ2) is 5.72. The van der Waals surface area contributed by atoms with Gasteiger partial charge in [-0.3, -0.25) is 0 Å². The van der Waals surface area contributed by atoms with Crippen LogP contribution in [0.4, 0.5) is 0 Å². The molecule has 0 bridgehead atoms. The normalized spacial score (nSPS) is 14.6. The molecule has 0 spiro atoms. The first kappa shape index (κ1) is 12.6. The van der Waals surface area contributed by atoms with Gasteiger partial charge in [0.1, 0.15) is 0 Å². The first-order valence-corrected chi connectivity index (χ1v) is 7.41. The number of hydrogen-bond donors (Lipinski definition) is 1. The van der Waals surface area contributed by atoms with Crippen LogP contribution in [0.1, 0.15) is 24.0 Å². The minimum atomic E-state index is 0.757. The molecule has 4 heteroatoms. The molecule has 1 aliphatic carbocycles. The third kappa shape index (κ3) is 3.55. The molecule has 1 fully saturated rings. The van der Waals surface area contributed by atoms with Crippen molar-refractivity contribution in [3.8, 4) is 0 Å². The molecule has 1 heterocycles. The van der Waals surface area contributed by atoms with E-state index >= 15 is 0 Å². The summed E-state index contributed by atoms with van der Waals surface area (Å²) in [5.41, 5.74) is 2.63. The summed E-state index contributed by atoms with van der Waals surface area (Å²) in [6.07, 6.45) is 6.22. The fourth-order valence-electron chi connectivity index (χ4n) is 1.92. The van der Waals surface area contributed by atoms with Crippen LogP contribution in [-0.2, 0) is 6.54 Å². The van der Waals surface area contributed by atoms with Gasteiger partial charge in [0, 0.05) is 29.9 Å². The Labute approximate surface area is 117 Å². The predicted octanol–water partition coefficient (Wildman–Crippen LogP) is 3.19. The van der Waals surface area contributed by atoms with Crippen LogP contribution in [-0.4, -0.2) is 16.0 Å². The molecule has 0 amide bonds. The summed E-state index contributed by atoms with van der Waals surface area (Å²) < 4.78 is 0. The highest BCUT2D eigenvalue weighted by Gasteiger charge is 2.19. The minimum Gasteiger partial charge on any atom is -0.310 e. The van der Waals surface area contributed by atoms with Crippen LogP contribution >= 0.6 is 11.8 Å². The zero-order valence-electron chi connectivity index (χ0n) is 11.0. The lowest BCUT2D eigenvalue weighted by Gasteiger charge is -2.08. The monoisotopic (exact) mass is 271 g/mol. The van der Waals surface area contributed by atoms with Crippen LogP contribution in [0.25, 0.3) is 0 Å². The lowest BCUT2D eigenvalue weighted by molar-refractivity contribution is 0.687. The summed E-state index contributed by atoms with van der Waals surface area (Å²) in [4.78, 5) is 9.71. The third-order valence-corrected chi connectivity index (χ3v) is 4.23. The maximum absolute atomic E-state index is 4.24. The number of aryl methyl sites for hydroxylation is 1. The molecule has 98 valence electrons. The predicted molar refractivity (Wildman–Crippen MR) is 77.2 cm³/mol. The number of nitrogens with zero attached hydrogens (tertiary/aromatic N) is 2. The maximum Gasteiger partial charge on any atom is 0.192 e. The molecule has 1 aliphatic rings. The molecule has 0 atom stereocenters. The minimum absolute atomic E-state index is 0.757. The number of hydrogen-bond acceptors (Lipinski definition) is 4. The highest BCUT2D eigenvalue weighted by atomic mass is 32.2. The average Bonchev–Trinajstić information content (AvgIpc) is 3.25. The molecule has 3 nitrogen and oxygen atoms in total. The molecular weight excluding hydrogens is 254 g/mol. The van der Waals surface area contributed by atoms with E-state index in [9.17, 15) is 0 Å². The second-order valence-electron chi connectivity index (χ2n) is 4.89. The van der Waals surface area contributed by atoms with E-state index < -0.39 is 0 Å². The molecule has 2 aromatic rings. The van der Waals surface area contributed by atoms with Crippen LogP contribution < -0.4 is 5.32 Å². The van der Waals surface area contributed by atoms with Crippen molar-refractivity contribution in [3.63, 3.8) is 0 Å². The lowest BCUT2D eigenvalue weighted by Crippen LogP contribution is -2.15. The Morgan fingerprint density at radius 3 is 2.74 bits per heavy atom. The van der Waals surface area contributed by atoms with E-state index in [1.54, 1.807) is 24.2 Å². The van der Waals surface area contributed by atoms with Gasteiger partial charge in [0.05, 0.1) is 0 Å². The standard InChI is InChI=1S/C15H17N3S/c1-11-9-12(10-18-13-4-5-13)3-6-14(11)19-15-16-7-2-8-17-15/h2-3,6-9,13,18H,4-5,10H2,1H3. The Morgan fingerprint density at radius 1 is 1.26 bits per heavy atom. The van der Waals surface area contributed by atoms with Gasteiger partial charge in [0.15, 0.2) is 5.16 Å². The highest BCUT2D eigenvalue weighted by molar-refractivity contribution is 7.99. The Kier molecular flexibility index (Phi) is 3.80. The summed E-state index contributed by atoms with van der Waals surface area (Å²) in [6.45, 7) is 3.12. The maximum atomic E-state index is 4.24. The van der Waals surface area contributed by atoms with Crippen molar-refractivity contribution in [1.29, 1.82) is 0 Å². The van der Waals surface area contributed by atoms with Crippen molar-refractivity contribution in [1.82, 2.24) is 15.3 Å². The van der Waals surface area contributed by atoms with E-state index in [0.717, 1.165) is 17.7 Å². The van der Waals surface area contributed by atoms with Crippen molar-refractivity contribution in [2.75, 3.05) is 0 Å². The quantitative estimate of drug-likeness (QED) is 0.848. The summed E-state index contributed by atoms with van der Waals surface area (Å²) in [5, 5.41) is 4.34. The first-order chi connectivity index (χ1) is 9.31. The van der Waals surface area contributed by atoms with Crippen molar-refractivity contribution in [2.24, 2.45) is 0 Å². The highest BCUT2D eigenvalue weighted by Crippen LogP contribution is 2.28. The Balaban J connectivity index is 1.68. The van der Waals surface area contributed by atoms with E-state index in [2.05, 4.69) is 40.4 Å². The number of rotatable bonds is 5. The zero-order chi connectivity index (χ0) is 13.1. The van der Waals surface area contributed by atoms with E-state index in [1.165, 1.54) is 28.9 Å². The van der Waals surface area contributed by atoms with E-state index in [4.69, 9.17) is 0 Å². The smallest absolute Gasteiger partial charge is 0.192 e. The van der Waals surface area contributed by atoms with E-state index in [-0.39, 0.29) is 0 Å². The van der Waals surface area contributed by atoms with Gasteiger partial charge in [-0.15, -0.1) is 0 Å². The Morgan fingerprint density at radius 2 is 2.05 bits per heavy atom. The van der Waals surface area contributed by atoms with Crippen LogP contribution in [0, 0.1) is 6.92 Å². The fraction of sp³-hybridized carbons (Fsp3) is 0.333. The molecule has 1 aromatic carbocycles. The van der Waals surface area contributed by atoms with Crippen LogP contribution in [0.15, 0.2) is 46.7 Å². The summed E-state index contributed by atoms with van der Waals surface area (Å²) in [7, 11) is 0. The zero-order valence-corrected chi connectivity index (χ0v) is 11.8. The molecule has 1 saturated carbocycles. The molecule has 19 heavy (non-hydrogen) atoms. The van der Waals surface area contributed by atoms with Crippen molar-refractivity contribution >= 4 is 11.8 Å². The third-order valence-electron chi connectivity index (χ3n) is 3.15. The molecule has 3 rings (SSSR count). The van der Waals surface area contributed by atoms with E-state index in [0.29, 0.717) is 0 Å². The lowest BCUT2D eigenvalue weighted by atomic mass is 10.1. The number of nitrogens with one attached hydrogen (secondary N) is 1. The van der Waals surface area contributed by atoms with Gasteiger partial charge in [-0.25, -0.2) is 9.97 Å². The Bertz CT molecular complexity index is 553. The van der Waals surface area contributed by atoms with Crippen molar-refractivity contribution in [2.45, 2.75) is 42.4 Å². The average molecular weight is 271 g/mol. The number of benzene rings is 1. The van der Waals surface area contributed by atoms with Crippen molar-refractivity contribution in [3.05, 3.63) is 47.8 Å². The van der Waals surface area contributed by atoms with Crippen LogP contribution in [0.2, 0.25) is 0 Å². The summed E-state index contributed by atoms with van der Waals surface area (Å²) in [5.74, 6) is 0. The van der Waals surface area contributed by atoms with Gasteiger partial charge in [-0.2, -0.15) is 0 Å². The molecule has 1 N–H and O–H groups in total. The largest absolute Gasteiger partial charge is 0.310 e. The van der Waals surface area contributed by atoms with Gasteiger partial charge in [0.25, 0.3) is 0 Å². The van der Waals surface area contributed by atoms with Gasteiger partial charge in [-0.1, -0.05) is 12.1 Å². The van der Waals surface area contributed by atoms with Crippen LogP contribution in [0.3, 0.4) is 0 Å². The second-order valence-corrected chi connectivity index (χ2v) is 5.90.